The molecule has 0 radical (unpaired) electrons. The average molecular weight is 354 g/mol. The van der Waals surface area contributed by atoms with Gasteiger partial charge >= 0.3 is 5.97 Å². The normalized spacial score (nSPS) is 30.1. The zero-order valence-corrected chi connectivity index (χ0v) is 14.4. The largest absolute Gasteiger partial charge is 0.453 e. The van der Waals surface area contributed by atoms with Crippen LogP contribution in [0, 0.1) is 5.92 Å². The van der Waals surface area contributed by atoms with Gasteiger partial charge in [0.05, 0.1) is 31.0 Å². The lowest BCUT2D eigenvalue weighted by molar-refractivity contribution is -0.155. The molecule has 1 aliphatic carbocycles. The van der Waals surface area contributed by atoms with Crippen LogP contribution < -0.4 is 0 Å². The molecular formula is C21H22O5. The van der Waals surface area contributed by atoms with Crippen molar-refractivity contribution >= 4 is 5.97 Å². The molecule has 0 spiro atoms. The van der Waals surface area contributed by atoms with Gasteiger partial charge in [0.1, 0.15) is 6.10 Å². The summed E-state index contributed by atoms with van der Waals surface area (Å²) in [7, 11) is 0. The topological polar surface area (TPSA) is 65.0 Å². The predicted molar refractivity (Wildman–Crippen MR) is 94.5 cm³/mol. The van der Waals surface area contributed by atoms with Crippen molar-refractivity contribution in [2.24, 2.45) is 5.92 Å². The molecule has 2 aliphatic rings. The molecule has 2 fully saturated rings. The number of carbonyl (C=O) groups excluding carboxylic acids is 1. The number of hydrogen-bond donors (Lipinski definition) is 1. The number of aliphatic hydroxyl groups excluding tert-OH is 1. The van der Waals surface area contributed by atoms with Gasteiger partial charge in [0, 0.05) is 5.92 Å². The quantitative estimate of drug-likeness (QED) is 0.836. The Labute approximate surface area is 152 Å². The Morgan fingerprint density at radius 3 is 2.46 bits per heavy atom. The number of hydrogen-bond acceptors (Lipinski definition) is 5. The lowest BCUT2D eigenvalue weighted by Crippen LogP contribution is -2.53. The van der Waals surface area contributed by atoms with Crippen molar-refractivity contribution in [3.63, 3.8) is 0 Å². The van der Waals surface area contributed by atoms with Crippen LogP contribution in [0.15, 0.2) is 60.7 Å². The number of ether oxygens (including phenoxy) is 3. The Balaban J connectivity index is 1.50. The summed E-state index contributed by atoms with van der Waals surface area (Å²) in [4.78, 5) is 12.5. The standard InChI is InChI=1S/C21H22O5/c22-18-16-11-17(24-13-16)19(26-21(23)15-9-5-2-6-10-15)20(18)25-12-14-7-3-1-4-8-14/h1-10,16-20,22H,11-13H2/t16?,17?,18?,19-,20+/m1/s1. The zero-order valence-electron chi connectivity index (χ0n) is 14.4. The highest BCUT2D eigenvalue weighted by Crippen LogP contribution is 2.37. The molecule has 1 aliphatic heterocycles. The molecule has 0 aromatic heterocycles. The van der Waals surface area contributed by atoms with E-state index in [4.69, 9.17) is 14.2 Å². The molecule has 1 heterocycles. The third-order valence-electron chi connectivity index (χ3n) is 5.11. The van der Waals surface area contributed by atoms with Crippen LogP contribution in [0.3, 0.4) is 0 Å². The van der Waals surface area contributed by atoms with Crippen molar-refractivity contribution in [2.45, 2.75) is 37.4 Å². The maximum atomic E-state index is 12.5. The Kier molecular flexibility index (Phi) is 5.02. The smallest absolute Gasteiger partial charge is 0.338 e. The van der Waals surface area contributed by atoms with E-state index in [9.17, 15) is 9.90 Å². The highest BCUT2D eigenvalue weighted by Gasteiger charge is 2.51. The maximum Gasteiger partial charge on any atom is 0.338 e. The third kappa shape index (κ3) is 3.51. The zero-order chi connectivity index (χ0) is 17.9. The van der Waals surface area contributed by atoms with Crippen molar-refractivity contribution < 1.29 is 24.1 Å². The lowest BCUT2D eigenvalue weighted by atomic mass is 9.83. The number of benzene rings is 2. The van der Waals surface area contributed by atoms with Gasteiger partial charge in [-0.1, -0.05) is 48.5 Å². The number of aliphatic hydroxyl groups is 1. The molecule has 1 saturated carbocycles. The number of fused-ring (bicyclic) bond motifs is 2. The van der Waals surface area contributed by atoms with Crippen molar-refractivity contribution in [1.82, 2.24) is 0 Å². The Morgan fingerprint density at radius 2 is 1.73 bits per heavy atom. The van der Waals surface area contributed by atoms with E-state index in [1.165, 1.54) is 0 Å². The van der Waals surface area contributed by atoms with E-state index in [0.717, 1.165) is 5.56 Å². The summed E-state index contributed by atoms with van der Waals surface area (Å²) in [6.45, 7) is 0.817. The minimum atomic E-state index is -0.717. The molecule has 2 aromatic rings. The molecule has 2 bridgehead atoms. The van der Waals surface area contributed by atoms with Crippen LogP contribution in [0.5, 0.6) is 0 Å². The first kappa shape index (κ1) is 17.2. The minimum absolute atomic E-state index is 0.0208. The van der Waals surface area contributed by atoms with Crippen molar-refractivity contribution in [3.8, 4) is 0 Å². The van der Waals surface area contributed by atoms with Crippen LogP contribution in [0.4, 0.5) is 0 Å². The number of esters is 1. The van der Waals surface area contributed by atoms with Gasteiger partial charge in [-0.2, -0.15) is 0 Å². The molecule has 3 unspecified atom stereocenters. The molecule has 136 valence electrons. The fraction of sp³-hybridized carbons (Fsp3) is 0.381. The summed E-state index contributed by atoms with van der Waals surface area (Å²) in [5.74, 6) is -0.405. The van der Waals surface area contributed by atoms with Crippen molar-refractivity contribution in [1.29, 1.82) is 0 Å². The summed E-state index contributed by atoms with van der Waals surface area (Å²) in [5, 5.41) is 10.7. The lowest BCUT2D eigenvalue weighted by Gasteiger charge is -2.38. The van der Waals surface area contributed by atoms with Crippen molar-refractivity contribution in [3.05, 3.63) is 71.8 Å². The first-order chi connectivity index (χ1) is 12.7. The van der Waals surface area contributed by atoms with Gasteiger partial charge in [-0.05, 0) is 24.1 Å². The van der Waals surface area contributed by atoms with Gasteiger partial charge in [-0.25, -0.2) is 4.79 Å². The summed E-state index contributed by atoms with van der Waals surface area (Å²) in [5.41, 5.74) is 1.48. The average Bonchev–Trinajstić information content (AvgIpc) is 3.14. The molecule has 1 N–H and O–H groups in total. The van der Waals surface area contributed by atoms with Gasteiger partial charge < -0.3 is 19.3 Å². The molecule has 1 saturated heterocycles. The first-order valence-electron chi connectivity index (χ1n) is 8.93. The second-order valence-corrected chi connectivity index (χ2v) is 6.86. The van der Waals surface area contributed by atoms with Gasteiger partial charge in [0.25, 0.3) is 0 Å². The minimum Gasteiger partial charge on any atom is -0.453 e. The van der Waals surface area contributed by atoms with E-state index in [1.807, 2.05) is 36.4 Å². The van der Waals surface area contributed by atoms with Gasteiger partial charge in [-0.3, -0.25) is 0 Å². The third-order valence-corrected chi connectivity index (χ3v) is 5.11. The molecule has 5 atom stereocenters. The predicted octanol–water partition coefficient (Wildman–Crippen LogP) is 2.58. The molecule has 2 aromatic carbocycles. The molecule has 26 heavy (non-hydrogen) atoms. The first-order valence-corrected chi connectivity index (χ1v) is 8.93. The summed E-state index contributed by atoms with van der Waals surface area (Å²) in [6.07, 6.45) is -1.50. The van der Waals surface area contributed by atoms with E-state index in [-0.39, 0.29) is 12.0 Å². The second kappa shape index (κ2) is 7.58. The van der Waals surface area contributed by atoms with Crippen LogP contribution in [-0.2, 0) is 20.8 Å². The Bertz CT molecular complexity index is 733. The fourth-order valence-electron chi connectivity index (χ4n) is 3.69. The van der Waals surface area contributed by atoms with Crippen LogP contribution in [-0.4, -0.2) is 42.1 Å². The number of carbonyl (C=O) groups is 1. The molecular weight excluding hydrogens is 332 g/mol. The summed E-state index contributed by atoms with van der Waals surface area (Å²) in [6, 6.07) is 18.6. The van der Waals surface area contributed by atoms with E-state index in [0.29, 0.717) is 25.2 Å². The van der Waals surface area contributed by atoms with Crippen LogP contribution in [0.2, 0.25) is 0 Å². The Hall–Kier alpha value is -2.21. The molecule has 5 heteroatoms. The summed E-state index contributed by atoms with van der Waals surface area (Å²) < 4.78 is 17.5. The van der Waals surface area contributed by atoms with Crippen LogP contribution in [0.25, 0.3) is 0 Å². The van der Waals surface area contributed by atoms with Gasteiger partial charge in [0.2, 0.25) is 0 Å². The SMILES string of the molecule is O=C(O[C@@H]1C2CC(CO2)C(O)[C@@H]1OCc1ccccc1)c1ccccc1. The molecule has 4 rings (SSSR count). The molecule has 5 nitrogen and oxygen atoms in total. The fourth-order valence-corrected chi connectivity index (χ4v) is 3.69. The van der Waals surface area contributed by atoms with E-state index in [1.54, 1.807) is 24.3 Å². The number of rotatable bonds is 5. The van der Waals surface area contributed by atoms with E-state index < -0.39 is 24.3 Å². The van der Waals surface area contributed by atoms with E-state index >= 15 is 0 Å². The van der Waals surface area contributed by atoms with Crippen LogP contribution in [0.1, 0.15) is 22.3 Å². The monoisotopic (exact) mass is 354 g/mol. The van der Waals surface area contributed by atoms with Gasteiger partial charge in [-0.15, -0.1) is 0 Å². The highest BCUT2D eigenvalue weighted by atomic mass is 16.6. The molecule has 0 amide bonds. The van der Waals surface area contributed by atoms with Crippen molar-refractivity contribution in [2.75, 3.05) is 6.61 Å². The maximum absolute atomic E-state index is 12.5. The Morgan fingerprint density at radius 1 is 1.04 bits per heavy atom. The van der Waals surface area contributed by atoms with E-state index in [2.05, 4.69) is 0 Å². The summed E-state index contributed by atoms with van der Waals surface area (Å²) >= 11 is 0. The second-order valence-electron chi connectivity index (χ2n) is 6.86. The van der Waals surface area contributed by atoms with Crippen LogP contribution >= 0.6 is 0 Å². The highest BCUT2D eigenvalue weighted by molar-refractivity contribution is 5.89. The van der Waals surface area contributed by atoms with Gasteiger partial charge in [0.15, 0.2) is 6.10 Å².